The van der Waals surface area contributed by atoms with Crippen molar-refractivity contribution in [3.8, 4) is 0 Å². The highest BCUT2D eigenvalue weighted by Gasteiger charge is 2.35. The van der Waals surface area contributed by atoms with Gasteiger partial charge in [-0.25, -0.2) is 0 Å². The Morgan fingerprint density at radius 3 is 0.534 bits per heavy atom. The van der Waals surface area contributed by atoms with Gasteiger partial charge in [-0.05, 0) is 244 Å². The largest absolute Gasteiger partial charge is 0.0625 e. The first-order valence-electron chi connectivity index (χ1n) is 39.3. The molecule has 0 aromatic heterocycles. The van der Waals surface area contributed by atoms with Crippen LogP contribution in [0.15, 0.2) is 243 Å². The summed E-state index contributed by atoms with van der Waals surface area (Å²) in [7, 11) is 0. The first-order chi connectivity index (χ1) is 49.3. The van der Waals surface area contributed by atoms with Gasteiger partial charge in [0.15, 0.2) is 0 Å². The standard InChI is InChI=1S/C103H116/c1-70-61-71(2)63-88(62-70)78-33-21-72(22-34-78)15-18-75-27-39-85(40-28-75)99(86-41-29-76(30-42-86)19-16-73-23-35-79(36-24-73)89-64-91(81-45-53-95(54-46-81)100(3,4)5)68-92(65-89)82-47-55-96(56-48-82)101(6,7)8)87-43-31-77(32-44-87)20-17-74-25-37-80(38-26-74)90-66-93(83-49-57-97(58-50-83)102(9,10)11)69-94(67-90)84-51-59-98(60-52-84)103(12,13)14/h15-60,70-71,88-94,99H,61-69H2,1-14H3. The summed E-state index contributed by atoms with van der Waals surface area (Å²) in [6.45, 7) is 32.6. The van der Waals surface area contributed by atoms with Crippen LogP contribution >= 0.6 is 0 Å². The third kappa shape index (κ3) is 18.3. The van der Waals surface area contributed by atoms with Crippen molar-refractivity contribution in [2.75, 3.05) is 0 Å². The zero-order valence-corrected chi connectivity index (χ0v) is 64.7. The van der Waals surface area contributed by atoms with Crippen LogP contribution in [0.1, 0.15) is 313 Å². The van der Waals surface area contributed by atoms with Crippen LogP contribution in [-0.4, -0.2) is 0 Å². The topological polar surface area (TPSA) is 0 Å². The van der Waals surface area contributed by atoms with E-state index in [-0.39, 0.29) is 27.6 Å². The molecule has 3 aliphatic rings. The minimum atomic E-state index is 0.0568. The lowest BCUT2D eigenvalue weighted by Gasteiger charge is -2.36. The summed E-state index contributed by atoms with van der Waals surface area (Å²) in [4.78, 5) is 0. The van der Waals surface area contributed by atoms with E-state index in [2.05, 4.69) is 376 Å². The number of hydrogen-bond acceptors (Lipinski definition) is 0. The van der Waals surface area contributed by atoms with Gasteiger partial charge in [0.05, 0.1) is 0 Å². The van der Waals surface area contributed by atoms with Gasteiger partial charge in [-0.2, -0.15) is 0 Å². The van der Waals surface area contributed by atoms with E-state index in [1.54, 1.807) is 0 Å². The fourth-order valence-electron chi connectivity index (χ4n) is 17.7. The Hall–Kier alpha value is -8.58. The molecule has 0 heteroatoms. The SMILES string of the molecule is CC1CC(C)CC(c2ccc(C=Cc3ccc(C(c4ccc(C=Cc5ccc(C6CC(c7ccc(C(C)(C)C)cc7)CC(c7ccc(C(C)(C)C)cc7)C6)cc5)cc4)c4ccc(C=Cc5ccc(C6CC(c7ccc(C(C)(C)C)cc7)CC(c7ccc(C(C)(C)C)cc7)C6)cc5)cc4)cc3)cc2)C1. The predicted molar refractivity (Wildman–Crippen MR) is 446 cm³/mol. The van der Waals surface area contributed by atoms with E-state index in [9.17, 15) is 0 Å². The van der Waals surface area contributed by atoms with Gasteiger partial charge in [-0.1, -0.05) is 376 Å². The van der Waals surface area contributed by atoms with Gasteiger partial charge in [0.25, 0.3) is 0 Å². The van der Waals surface area contributed by atoms with Crippen LogP contribution < -0.4 is 0 Å². The quantitative estimate of drug-likeness (QED) is 0.0668. The lowest BCUT2D eigenvalue weighted by Crippen LogP contribution is -2.20. The van der Waals surface area contributed by atoms with E-state index in [1.807, 2.05) is 0 Å². The van der Waals surface area contributed by atoms with Crippen LogP contribution in [0.3, 0.4) is 0 Å². The maximum Gasteiger partial charge on any atom is 0.0340 e. The van der Waals surface area contributed by atoms with Crippen LogP contribution in [0, 0.1) is 11.8 Å². The molecule has 0 heterocycles. The molecule has 0 radical (unpaired) electrons. The van der Waals surface area contributed by atoms with Gasteiger partial charge in [0.1, 0.15) is 0 Å². The molecule has 10 aromatic carbocycles. The molecule has 6 atom stereocenters. The molecule has 0 nitrogen and oxygen atoms in total. The van der Waals surface area contributed by atoms with Gasteiger partial charge >= 0.3 is 0 Å². The maximum absolute atomic E-state index is 2.43. The number of rotatable bonds is 16. The fourth-order valence-corrected chi connectivity index (χ4v) is 17.7. The normalized spacial score (nSPS) is 21.9. The second-order valence-electron chi connectivity index (χ2n) is 36.1. The molecular formula is C103H116. The van der Waals surface area contributed by atoms with Gasteiger partial charge in [0.2, 0.25) is 0 Å². The summed E-state index contributed by atoms with van der Waals surface area (Å²) in [6.07, 6.45) is 24.7. The maximum atomic E-state index is 2.43. The van der Waals surface area contributed by atoms with Crippen molar-refractivity contribution in [3.63, 3.8) is 0 Å². The van der Waals surface area contributed by atoms with E-state index >= 15 is 0 Å². The van der Waals surface area contributed by atoms with Crippen LogP contribution in [0.2, 0.25) is 0 Å². The molecular weight excluding hydrogens is 1240 g/mol. The Balaban J connectivity index is 0.720. The molecule has 3 saturated carbocycles. The Labute approximate surface area is 622 Å². The molecule has 0 spiro atoms. The monoisotopic (exact) mass is 1350 g/mol. The predicted octanol–water partition coefficient (Wildman–Crippen LogP) is 28.8. The summed E-state index contributed by atoms with van der Waals surface area (Å²) >= 11 is 0. The van der Waals surface area contributed by atoms with Gasteiger partial charge < -0.3 is 0 Å². The molecule has 0 amide bonds. The average Bonchev–Trinajstić information content (AvgIpc) is 0.799. The zero-order valence-electron chi connectivity index (χ0n) is 64.7. The Kier molecular flexibility index (Phi) is 21.9. The third-order valence-electron chi connectivity index (χ3n) is 24.0. The summed E-state index contributed by atoms with van der Waals surface area (Å²) in [6, 6.07) is 94.8. The molecule has 3 fully saturated rings. The van der Waals surface area contributed by atoms with E-state index in [0.717, 1.165) is 11.8 Å². The minimum absolute atomic E-state index is 0.0568. The molecule has 13 rings (SSSR count). The molecule has 0 aliphatic heterocycles. The molecule has 0 bridgehead atoms. The molecule has 6 unspecified atom stereocenters. The molecule has 0 N–H and O–H groups in total. The molecule has 0 saturated heterocycles. The van der Waals surface area contributed by atoms with E-state index in [0.29, 0.717) is 41.4 Å². The molecule has 103 heavy (non-hydrogen) atoms. The van der Waals surface area contributed by atoms with Crippen molar-refractivity contribution < 1.29 is 0 Å². The fraction of sp³-hybridized carbons (Fsp3) is 0.359. The van der Waals surface area contributed by atoms with Crippen LogP contribution in [0.4, 0.5) is 0 Å². The van der Waals surface area contributed by atoms with E-state index < -0.39 is 0 Å². The highest BCUT2D eigenvalue weighted by molar-refractivity contribution is 5.72. The summed E-state index contributed by atoms with van der Waals surface area (Å²) in [5, 5.41) is 0. The van der Waals surface area contributed by atoms with Gasteiger partial charge in [-0.3, -0.25) is 0 Å². The zero-order chi connectivity index (χ0) is 72.2. The second kappa shape index (κ2) is 31.0. The lowest BCUT2D eigenvalue weighted by molar-refractivity contribution is 0.268. The van der Waals surface area contributed by atoms with Crippen molar-refractivity contribution in [1.82, 2.24) is 0 Å². The number of benzene rings is 10. The second-order valence-corrected chi connectivity index (χ2v) is 36.1. The van der Waals surface area contributed by atoms with Crippen molar-refractivity contribution >= 4 is 36.5 Å². The summed E-state index contributed by atoms with van der Waals surface area (Å²) < 4.78 is 0. The summed E-state index contributed by atoms with van der Waals surface area (Å²) in [5.41, 5.74) is 27.6. The molecule has 10 aromatic rings. The van der Waals surface area contributed by atoms with Crippen molar-refractivity contribution in [2.45, 2.75) is 224 Å². The molecule has 528 valence electrons. The van der Waals surface area contributed by atoms with Crippen molar-refractivity contribution in [2.24, 2.45) is 11.8 Å². The smallest absolute Gasteiger partial charge is 0.0340 e. The average molecular weight is 1350 g/mol. The van der Waals surface area contributed by atoms with Crippen LogP contribution in [0.5, 0.6) is 0 Å². The number of hydrogen-bond donors (Lipinski definition) is 0. The van der Waals surface area contributed by atoms with E-state index in [4.69, 9.17) is 0 Å². The Morgan fingerprint density at radius 1 is 0.204 bits per heavy atom. The highest BCUT2D eigenvalue weighted by Crippen LogP contribution is 2.51. The third-order valence-corrected chi connectivity index (χ3v) is 24.0. The van der Waals surface area contributed by atoms with Crippen molar-refractivity contribution in [1.29, 1.82) is 0 Å². The van der Waals surface area contributed by atoms with Gasteiger partial charge in [0, 0.05) is 5.92 Å². The Bertz CT molecular complexity index is 4090. The molecule has 3 aliphatic carbocycles. The van der Waals surface area contributed by atoms with Crippen LogP contribution in [-0.2, 0) is 21.7 Å². The highest BCUT2D eigenvalue weighted by atomic mass is 14.4. The lowest BCUT2D eigenvalue weighted by atomic mass is 9.68. The van der Waals surface area contributed by atoms with Crippen molar-refractivity contribution in [3.05, 3.63) is 354 Å². The van der Waals surface area contributed by atoms with Crippen LogP contribution in [0.25, 0.3) is 36.5 Å². The minimum Gasteiger partial charge on any atom is -0.0625 e. The first-order valence-corrected chi connectivity index (χ1v) is 39.3. The Morgan fingerprint density at radius 2 is 0.359 bits per heavy atom. The first kappa shape index (κ1) is 72.8. The summed E-state index contributed by atoms with van der Waals surface area (Å²) in [5.74, 6) is 5.34. The van der Waals surface area contributed by atoms with Gasteiger partial charge in [-0.15, -0.1) is 0 Å². The van der Waals surface area contributed by atoms with E-state index in [1.165, 1.54) is 169 Å².